The second-order valence-corrected chi connectivity index (χ2v) is 4.51. The first-order chi connectivity index (χ1) is 5.52. The summed E-state index contributed by atoms with van der Waals surface area (Å²) in [4.78, 5) is 13.9. The molecule has 0 atom stereocenters. The molecule has 0 N–H and O–H groups in total. The average molecular weight is 207 g/mol. The molecular formula is C5H5NO4S2. The van der Waals surface area contributed by atoms with E-state index in [1.54, 1.807) is 0 Å². The normalized spacial score (nSPS) is 11.1. The zero-order valence-corrected chi connectivity index (χ0v) is 7.68. The van der Waals surface area contributed by atoms with E-state index in [9.17, 15) is 13.2 Å². The summed E-state index contributed by atoms with van der Waals surface area (Å²) in [5.74, 6) is -0.858. The smallest absolute Gasteiger partial charge is 0.342 e. The predicted molar refractivity (Wildman–Crippen MR) is 41.1 cm³/mol. The van der Waals surface area contributed by atoms with Gasteiger partial charge < -0.3 is 4.18 Å². The molecule has 0 bridgehead atoms. The van der Waals surface area contributed by atoms with Gasteiger partial charge in [0.1, 0.15) is 0 Å². The van der Waals surface area contributed by atoms with Crippen molar-refractivity contribution in [1.82, 2.24) is 4.98 Å². The van der Waals surface area contributed by atoms with Crippen LogP contribution in [0.15, 0.2) is 15.9 Å². The Balaban J connectivity index is 2.96. The summed E-state index contributed by atoms with van der Waals surface area (Å²) in [6.45, 7) is 1.03. The Morgan fingerprint density at radius 2 is 2.33 bits per heavy atom. The van der Waals surface area contributed by atoms with E-state index in [-0.39, 0.29) is 4.21 Å². The van der Waals surface area contributed by atoms with Gasteiger partial charge in [-0.25, -0.2) is 0 Å². The van der Waals surface area contributed by atoms with E-state index in [0.29, 0.717) is 0 Å². The number of hydrogen-bond donors (Lipinski definition) is 0. The molecule has 12 heavy (non-hydrogen) atoms. The number of thiazole rings is 1. The molecular weight excluding hydrogens is 202 g/mol. The highest BCUT2D eigenvalue weighted by atomic mass is 32.3. The van der Waals surface area contributed by atoms with Crippen LogP contribution in [0.1, 0.15) is 6.92 Å². The molecule has 7 heteroatoms. The highest BCUT2D eigenvalue weighted by Gasteiger charge is 2.19. The fourth-order valence-corrected chi connectivity index (χ4v) is 2.15. The van der Waals surface area contributed by atoms with Gasteiger partial charge in [0.15, 0.2) is 4.21 Å². The minimum atomic E-state index is -3.91. The maximum atomic E-state index is 11.0. The van der Waals surface area contributed by atoms with Crippen LogP contribution in [0.25, 0.3) is 0 Å². The Bertz CT molecular complexity index is 366. The highest BCUT2D eigenvalue weighted by molar-refractivity contribution is 7.89. The van der Waals surface area contributed by atoms with Gasteiger partial charge in [-0.3, -0.25) is 9.78 Å². The maximum Gasteiger partial charge on any atom is 0.352 e. The Morgan fingerprint density at radius 3 is 2.75 bits per heavy atom. The summed E-state index contributed by atoms with van der Waals surface area (Å²) in [5.41, 5.74) is 1.34. The van der Waals surface area contributed by atoms with Gasteiger partial charge in [0.25, 0.3) is 0 Å². The van der Waals surface area contributed by atoms with Crippen LogP contribution in [0.4, 0.5) is 0 Å². The molecule has 66 valence electrons. The van der Waals surface area contributed by atoms with Crippen LogP contribution in [0.2, 0.25) is 0 Å². The number of carbonyl (C=O) groups is 1. The van der Waals surface area contributed by atoms with Gasteiger partial charge in [0.2, 0.25) is 0 Å². The van der Waals surface area contributed by atoms with Crippen LogP contribution in [-0.2, 0) is 19.1 Å². The van der Waals surface area contributed by atoms with Crippen molar-refractivity contribution in [3.63, 3.8) is 0 Å². The summed E-state index contributed by atoms with van der Waals surface area (Å²) in [6, 6.07) is 0. The summed E-state index contributed by atoms with van der Waals surface area (Å²) < 4.78 is 26.1. The van der Waals surface area contributed by atoms with Crippen LogP contribution in [-0.4, -0.2) is 19.4 Å². The first-order valence-corrected chi connectivity index (χ1v) is 5.15. The van der Waals surface area contributed by atoms with E-state index in [1.807, 2.05) is 0 Å². The molecule has 0 spiro atoms. The van der Waals surface area contributed by atoms with Gasteiger partial charge in [-0.15, -0.1) is 11.3 Å². The molecule has 0 fully saturated rings. The lowest BCUT2D eigenvalue weighted by Gasteiger charge is -1.97. The number of nitrogens with zero attached hydrogens (tertiary/aromatic N) is 1. The molecule has 0 amide bonds. The van der Waals surface area contributed by atoms with Crippen molar-refractivity contribution in [3.8, 4) is 0 Å². The number of carbonyl (C=O) groups excluding carboxylic acids is 1. The molecule has 0 saturated heterocycles. The molecule has 1 aromatic rings. The van der Waals surface area contributed by atoms with Gasteiger partial charge in [0, 0.05) is 6.92 Å². The summed E-state index contributed by atoms with van der Waals surface area (Å²) in [6.07, 6.45) is 1.13. The Kier molecular flexibility index (Phi) is 2.43. The lowest BCUT2D eigenvalue weighted by atomic mass is 10.9. The van der Waals surface area contributed by atoms with E-state index >= 15 is 0 Å². The van der Waals surface area contributed by atoms with Crippen LogP contribution in [0.3, 0.4) is 0 Å². The molecule has 1 heterocycles. The SMILES string of the molecule is CC(=O)OS(=O)(=O)c1cncs1. The Labute approximate surface area is 73.1 Å². The van der Waals surface area contributed by atoms with Crippen LogP contribution in [0, 0.1) is 0 Å². The minimum absolute atomic E-state index is 0.0716. The third-order valence-electron chi connectivity index (χ3n) is 0.883. The van der Waals surface area contributed by atoms with Crippen LogP contribution >= 0.6 is 11.3 Å². The zero-order chi connectivity index (χ0) is 9.19. The summed E-state index contributed by atoms with van der Waals surface area (Å²) >= 11 is 0.896. The molecule has 0 aromatic carbocycles. The highest BCUT2D eigenvalue weighted by Crippen LogP contribution is 2.16. The quantitative estimate of drug-likeness (QED) is 0.656. The molecule has 0 radical (unpaired) electrons. The molecule has 1 aromatic heterocycles. The molecule has 0 aliphatic carbocycles. The van der Waals surface area contributed by atoms with Crippen molar-refractivity contribution in [3.05, 3.63) is 11.7 Å². The summed E-state index contributed by atoms with van der Waals surface area (Å²) in [5, 5.41) is 0. The van der Waals surface area contributed by atoms with Crippen molar-refractivity contribution in [2.45, 2.75) is 11.1 Å². The van der Waals surface area contributed by atoms with Crippen LogP contribution in [0.5, 0.6) is 0 Å². The molecule has 0 saturated carbocycles. The standard InChI is InChI=1S/C5H5NO4S2/c1-4(7)10-12(8,9)5-2-6-3-11-5/h2-3H,1H3. The monoisotopic (exact) mass is 207 g/mol. The van der Waals surface area contributed by atoms with Gasteiger partial charge in [-0.2, -0.15) is 8.42 Å². The molecule has 5 nitrogen and oxygen atoms in total. The third kappa shape index (κ3) is 2.02. The second-order valence-electron chi connectivity index (χ2n) is 1.85. The molecule has 1 rings (SSSR count). The summed E-state index contributed by atoms with van der Waals surface area (Å²) in [7, 11) is -3.91. The fraction of sp³-hybridized carbons (Fsp3) is 0.200. The minimum Gasteiger partial charge on any atom is -0.342 e. The lowest BCUT2D eigenvalue weighted by molar-refractivity contribution is -0.131. The molecule has 0 aliphatic rings. The number of hydrogen-bond acceptors (Lipinski definition) is 6. The predicted octanol–water partition coefficient (Wildman–Crippen LogP) is 0.395. The Morgan fingerprint density at radius 1 is 1.67 bits per heavy atom. The lowest BCUT2D eigenvalue weighted by Crippen LogP contribution is -2.08. The number of aromatic nitrogens is 1. The van der Waals surface area contributed by atoms with Crippen LogP contribution < -0.4 is 0 Å². The van der Waals surface area contributed by atoms with E-state index in [2.05, 4.69) is 9.17 Å². The number of rotatable bonds is 2. The van der Waals surface area contributed by atoms with Gasteiger partial charge in [-0.1, -0.05) is 0 Å². The van der Waals surface area contributed by atoms with E-state index in [4.69, 9.17) is 0 Å². The van der Waals surface area contributed by atoms with Gasteiger partial charge in [-0.05, 0) is 0 Å². The van der Waals surface area contributed by atoms with E-state index < -0.39 is 16.1 Å². The van der Waals surface area contributed by atoms with Crippen molar-refractivity contribution in [2.24, 2.45) is 0 Å². The third-order valence-corrected chi connectivity index (χ3v) is 3.40. The van der Waals surface area contributed by atoms with Gasteiger partial charge in [0.05, 0.1) is 11.7 Å². The van der Waals surface area contributed by atoms with E-state index in [1.165, 1.54) is 5.51 Å². The van der Waals surface area contributed by atoms with Crippen molar-refractivity contribution in [1.29, 1.82) is 0 Å². The van der Waals surface area contributed by atoms with E-state index in [0.717, 1.165) is 24.5 Å². The van der Waals surface area contributed by atoms with Crippen molar-refractivity contribution >= 4 is 27.4 Å². The van der Waals surface area contributed by atoms with Crippen molar-refractivity contribution in [2.75, 3.05) is 0 Å². The Hall–Kier alpha value is -0.950. The first-order valence-electron chi connectivity index (χ1n) is 2.86. The largest absolute Gasteiger partial charge is 0.352 e. The topological polar surface area (TPSA) is 73.3 Å². The van der Waals surface area contributed by atoms with Crippen molar-refractivity contribution < 1.29 is 17.4 Å². The fourth-order valence-electron chi connectivity index (χ4n) is 0.523. The molecule has 0 unspecified atom stereocenters. The first kappa shape index (κ1) is 9.14. The average Bonchev–Trinajstić information content (AvgIpc) is 2.32. The zero-order valence-electron chi connectivity index (χ0n) is 6.05. The molecule has 0 aliphatic heterocycles. The second kappa shape index (κ2) is 3.20. The maximum absolute atomic E-state index is 11.0. The van der Waals surface area contributed by atoms with Gasteiger partial charge >= 0.3 is 16.1 Å².